The minimum Gasteiger partial charge on any atom is -0.355 e. The second-order valence-corrected chi connectivity index (χ2v) is 5.97. The van der Waals surface area contributed by atoms with E-state index in [1.807, 2.05) is 37.3 Å². The summed E-state index contributed by atoms with van der Waals surface area (Å²) >= 11 is 0. The number of pyridine rings is 1. The first-order chi connectivity index (χ1) is 12.6. The number of carbonyl (C=O) groups is 1. The molecule has 4 nitrogen and oxygen atoms in total. The predicted molar refractivity (Wildman–Crippen MR) is 101 cm³/mol. The Bertz CT molecular complexity index is 911. The van der Waals surface area contributed by atoms with E-state index in [0.717, 1.165) is 16.9 Å². The topological polar surface area (TPSA) is 54.0 Å². The molecule has 3 aromatic rings. The normalized spacial score (nSPS) is 10.4. The number of rotatable bonds is 6. The second kappa shape index (κ2) is 8.25. The van der Waals surface area contributed by atoms with Gasteiger partial charge in [0.05, 0.1) is 0 Å². The Morgan fingerprint density at radius 1 is 1.08 bits per heavy atom. The van der Waals surface area contributed by atoms with E-state index < -0.39 is 0 Å². The predicted octanol–water partition coefficient (Wildman–Crippen LogP) is 4.25. The lowest BCUT2D eigenvalue weighted by atomic mass is 10.1. The number of carbonyl (C=O) groups excluding carboxylic acids is 1. The third-order valence-corrected chi connectivity index (χ3v) is 4.05. The van der Waals surface area contributed by atoms with Crippen molar-refractivity contribution in [2.45, 2.75) is 13.3 Å². The van der Waals surface area contributed by atoms with Crippen LogP contribution >= 0.6 is 0 Å². The highest BCUT2D eigenvalue weighted by Crippen LogP contribution is 2.20. The van der Waals surface area contributed by atoms with Gasteiger partial charge in [-0.1, -0.05) is 36.4 Å². The Labute approximate surface area is 152 Å². The van der Waals surface area contributed by atoms with Crippen molar-refractivity contribution in [2.24, 2.45) is 0 Å². The van der Waals surface area contributed by atoms with Gasteiger partial charge in [-0.15, -0.1) is 0 Å². The number of nitrogens with zero attached hydrogens (tertiary/aromatic N) is 1. The number of aryl methyl sites for hydroxylation is 1. The maximum atomic E-state index is 13.6. The number of hydrogen-bond donors (Lipinski definition) is 2. The monoisotopic (exact) mass is 349 g/mol. The number of nitrogens with one attached hydrogen (secondary N) is 2. The molecule has 0 radical (unpaired) electrons. The van der Waals surface area contributed by atoms with Crippen LogP contribution in [0.4, 0.5) is 15.8 Å². The molecule has 26 heavy (non-hydrogen) atoms. The molecule has 1 heterocycles. The average molecular weight is 349 g/mol. The van der Waals surface area contributed by atoms with Crippen molar-refractivity contribution in [3.05, 3.63) is 89.5 Å². The van der Waals surface area contributed by atoms with Gasteiger partial charge in [-0.3, -0.25) is 9.78 Å². The van der Waals surface area contributed by atoms with Gasteiger partial charge >= 0.3 is 0 Å². The third-order valence-electron chi connectivity index (χ3n) is 4.05. The first kappa shape index (κ1) is 17.6. The molecule has 0 aliphatic rings. The van der Waals surface area contributed by atoms with Gasteiger partial charge in [-0.05, 0) is 48.7 Å². The largest absolute Gasteiger partial charge is 0.355 e. The molecule has 0 saturated carbocycles. The molecule has 2 aromatic carbocycles. The molecule has 0 atom stereocenters. The van der Waals surface area contributed by atoms with Gasteiger partial charge in [-0.25, -0.2) is 4.39 Å². The van der Waals surface area contributed by atoms with E-state index in [4.69, 9.17) is 0 Å². The lowest BCUT2D eigenvalue weighted by Gasteiger charge is -2.10. The van der Waals surface area contributed by atoms with E-state index in [1.165, 1.54) is 6.07 Å². The molecule has 132 valence electrons. The molecule has 1 aromatic heterocycles. The van der Waals surface area contributed by atoms with Crippen LogP contribution in [0.3, 0.4) is 0 Å². The number of amides is 1. The molecular weight excluding hydrogens is 329 g/mol. The van der Waals surface area contributed by atoms with Gasteiger partial charge in [0, 0.05) is 24.1 Å². The Hall–Kier alpha value is -3.21. The summed E-state index contributed by atoms with van der Waals surface area (Å²) in [5.41, 5.74) is 3.77. The molecular formula is C21H20FN3O. The molecule has 0 bridgehead atoms. The molecule has 1 amide bonds. The Balaban J connectivity index is 1.61. The minimum absolute atomic E-state index is 0.260. The van der Waals surface area contributed by atoms with Crippen LogP contribution in [0, 0.1) is 12.7 Å². The van der Waals surface area contributed by atoms with Crippen molar-refractivity contribution in [1.29, 1.82) is 0 Å². The van der Waals surface area contributed by atoms with Gasteiger partial charge in [0.15, 0.2) is 0 Å². The number of benzene rings is 2. The number of halogens is 1. The van der Waals surface area contributed by atoms with Crippen molar-refractivity contribution in [2.75, 3.05) is 11.9 Å². The quantitative estimate of drug-likeness (QED) is 0.700. The first-order valence-corrected chi connectivity index (χ1v) is 8.44. The molecule has 0 saturated heterocycles. The lowest BCUT2D eigenvalue weighted by Crippen LogP contribution is -2.26. The van der Waals surface area contributed by atoms with E-state index in [9.17, 15) is 9.18 Å². The van der Waals surface area contributed by atoms with Gasteiger partial charge < -0.3 is 10.6 Å². The molecule has 0 unspecified atom stereocenters. The SMILES string of the molecule is Cc1ccccc1Nc1ccnc(C(=O)NCCc2ccccc2F)c1. The highest BCUT2D eigenvalue weighted by atomic mass is 19.1. The van der Waals surface area contributed by atoms with Crippen LogP contribution in [0.1, 0.15) is 21.6 Å². The Morgan fingerprint density at radius 2 is 1.85 bits per heavy atom. The van der Waals surface area contributed by atoms with Crippen molar-refractivity contribution < 1.29 is 9.18 Å². The lowest BCUT2D eigenvalue weighted by molar-refractivity contribution is 0.0949. The molecule has 0 spiro atoms. The molecule has 3 rings (SSSR count). The van der Waals surface area contributed by atoms with Gasteiger partial charge in [0.25, 0.3) is 5.91 Å². The number of aromatic nitrogens is 1. The van der Waals surface area contributed by atoms with Crippen LogP contribution in [0.15, 0.2) is 66.9 Å². The number of para-hydroxylation sites is 1. The summed E-state index contributed by atoms with van der Waals surface area (Å²) in [5.74, 6) is -0.543. The summed E-state index contributed by atoms with van der Waals surface area (Å²) in [6, 6.07) is 18.0. The molecule has 0 aliphatic heterocycles. The summed E-state index contributed by atoms with van der Waals surface area (Å²) in [7, 11) is 0. The average Bonchev–Trinajstić information content (AvgIpc) is 2.65. The highest BCUT2D eigenvalue weighted by Gasteiger charge is 2.09. The standard InChI is InChI=1S/C21H20FN3O/c1-15-6-2-5-9-19(15)25-17-11-13-23-20(14-17)21(26)24-12-10-16-7-3-4-8-18(16)22/h2-9,11,13-14H,10,12H2,1H3,(H,23,25)(H,24,26). The van der Waals surface area contributed by atoms with Crippen LogP contribution in [-0.4, -0.2) is 17.4 Å². The van der Waals surface area contributed by atoms with Crippen LogP contribution in [0.2, 0.25) is 0 Å². The van der Waals surface area contributed by atoms with Crippen LogP contribution < -0.4 is 10.6 Å². The number of anilines is 2. The van der Waals surface area contributed by atoms with Gasteiger partial charge in [-0.2, -0.15) is 0 Å². The van der Waals surface area contributed by atoms with Crippen LogP contribution in [0.25, 0.3) is 0 Å². The Morgan fingerprint density at radius 3 is 2.65 bits per heavy atom. The van der Waals surface area contributed by atoms with E-state index in [0.29, 0.717) is 24.2 Å². The fourth-order valence-electron chi connectivity index (χ4n) is 2.60. The third kappa shape index (κ3) is 4.45. The second-order valence-electron chi connectivity index (χ2n) is 5.97. The first-order valence-electron chi connectivity index (χ1n) is 8.44. The molecule has 2 N–H and O–H groups in total. The smallest absolute Gasteiger partial charge is 0.269 e. The van der Waals surface area contributed by atoms with Crippen molar-refractivity contribution >= 4 is 17.3 Å². The van der Waals surface area contributed by atoms with Crippen molar-refractivity contribution in [1.82, 2.24) is 10.3 Å². The molecule has 5 heteroatoms. The zero-order valence-electron chi connectivity index (χ0n) is 14.5. The van der Waals surface area contributed by atoms with Crippen molar-refractivity contribution in [3.63, 3.8) is 0 Å². The van der Waals surface area contributed by atoms with Crippen LogP contribution in [-0.2, 0) is 6.42 Å². The fourth-order valence-corrected chi connectivity index (χ4v) is 2.60. The van der Waals surface area contributed by atoms with Gasteiger partial charge in [0.2, 0.25) is 0 Å². The van der Waals surface area contributed by atoms with E-state index in [2.05, 4.69) is 15.6 Å². The summed E-state index contributed by atoms with van der Waals surface area (Å²) in [6.45, 7) is 2.36. The zero-order chi connectivity index (χ0) is 18.4. The summed E-state index contributed by atoms with van der Waals surface area (Å²) in [6.07, 6.45) is 2.02. The van der Waals surface area contributed by atoms with E-state index >= 15 is 0 Å². The molecule has 0 aliphatic carbocycles. The summed E-state index contributed by atoms with van der Waals surface area (Å²) in [4.78, 5) is 16.4. The zero-order valence-corrected chi connectivity index (χ0v) is 14.5. The minimum atomic E-state index is -0.283. The fraction of sp³-hybridized carbons (Fsp3) is 0.143. The van der Waals surface area contributed by atoms with E-state index in [-0.39, 0.29) is 11.7 Å². The summed E-state index contributed by atoms with van der Waals surface area (Å²) in [5, 5.41) is 6.07. The maximum absolute atomic E-state index is 13.6. The van der Waals surface area contributed by atoms with Gasteiger partial charge in [0.1, 0.15) is 11.5 Å². The highest BCUT2D eigenvalue weighted by molar-refractivity contribution is 5.93. The molecule has 0 fully saturated rings. The van der Waals surface area contributed by atoms with Crippen molar-refractivity contribution in [3.8, 4) is 0 Å². The number of hydrogen-bond acceptors (Lipinski definition) is 3. The van der Waals surface area contributed by atoms with E-state index in [1.54, 1.807) is 30.5 Å². The Kier molecular flexibility index (Phi) is 5.59. The summed E-state index contributed by atoms with van der Waals surface area (Å²) < 4.78 is 13.6. The van der Waals surface area contributed by atoms with Crippen LogP contribution in [0.5, 0.6) is 0 Å². The maximum Gasteiger partial charge on any atom is 0.269 e.